The number of thiazole rings is 1. The largest absolute Gasteiger partial charge is 0.379 e. The molecule has 2 aliphatic rings. The molecule has 1 aliphatic heterocycles. The predicted octanol–water partition coefficient (Wildman–Crippen LogP) is 3.49. The van der Waals surface area contributed by atoms with Crippen molar-refractivity contribution >= 4 is 44.4 Å². The standard InChI is InChI=1S/C25H31N5O3S2/c1-17-7-8-19-21(15-17)35-24(26-19)27-22(31)16-34-23-18-5-2-3-6-20(18)30(25(32)28-23)10-4-9-29-11-13-33-14-12-29/h7-8,15H,2-6,9-14,16H2,1H3,(H,26,27,31). The van der Waals surface area contributed by atoms with E-state index in [2.05, 4.69) is 26.3 Å². The maximum absolute atomic E-state index is 13.0. The zero-order valence-electron chi connectivity index (χ0n) is 20.0. The highest BCUT2D eigenvalue weighted by molar-refractivity contribution is 8.00. The highest BCUT2D eigenvalue weighted by Gasteiger charge is 2.21. The van der Waals surface area contributed by atoms with Crippen molar-refractivity contribution in [2.24, 2.45) is 0 Å². The first-order chi connectivity index (χ1) is 17.1. The van der Waals surface area contributed by atoms with Gasteiger partial charge in [-0.3, -0.25) is 14.3 Å². The van der Waals surface area contributed by atoms with E-state index in [1.54, 1.807) is 0 Å². The van der Waals surface area contributed by atoms with Crippen LogP contribution < -0.4 is 11.0 Å². The molecule has 3 heterocycles. The molecule has 0 radical (unpaired) electrons. The molecule has 8 nitrogen and oxygen atoms in total. The van der Waals surface area contributed by atoms with E-state index >= 15 is 0 Å². The summed E-state index contributed by atoms with van der Waals surface area (Å²) < 4.78 is 8.35. The fraction of sp³-hybridized carbons (Fsp3) is 0.520. The molecule has 3 aromatic rings. The third-order valence-corrected chi connectivity index (χ3v) is 8.49. The second kappa shape index (κ2) is 11.2. The molecule has 186 valence electrons. The van der Waals surface area contributed by atoms with Gasteiger partial charge in [0.05, 0.1) is 29.2 Å². The van der Waals surface area contributed by atoms with Gasteiger partial charge in [-0.05, 0) is 56.7 Å². The summed E-state index contributed by atoms with van der Waals surface area (Å²) in [4.78, 5) is 36.9. The van der Waals surface area contributed by atoms with E-state index in [0.29, 0.717) is 16.7 Å². The Morgan fingerprint density at radius 3 is 2.86 bits per heavy atom. The van der Waals surface area contributed by atoms with E-state index in [1.165, 1.54) is 28.7 Å². The van der Waals surface area contributed by atoms with Crippen LogP contribution in [-0.2, 0) is 28.9 Å². The number of nitrogens with zero attached hydrogens (tertiary/aromatic N) is 4. The molecule has 1 N–H and O–H groups in total. The molecule has 1 fully saturated rings. The van der Waals surface area contributed by atoms with Crippen LogP contribution in [0.2, 0.25) is 0 Å². The normalized spacial score (nSPS) is 16.4. The molecular weight excluding hydrogens is 482 g/mol. The van der Waals surface area contributed by atoms with Crippen LogP contribution in [0, 0.1) is 6.92 Å². The molecule has 1 saturated heterocycles. The fourth-order valence-corrected chi connectivity index (χ4v) is 6.61. The number of ether oxygens (including phenoxy) is 1. The summed E-state index contributed by atoms with van der Waals surface area (Å²) in [6.07, 6.45) is 4.90. The summed E-state index contributed by atoms with van der Waals surface area (Å²) >= 11 is 2.83. The van der Waals surface area contributed by atoms with Crippen molar-refractivity contribution in [3.8, 4) is 0 Å². The van der Waals surface area contributed by atoms with Gasteiger partial charge < -0.3 is 10.1 Å². The minimum Gasteiger partial charge on any atom is -0.379 e. The number of nitrogens with one attached hydrogen (secondary N) is 1. The first kappa shape index (κ1) is 24.4. The number of rotatable bonds is 8. The van der Waals surface area contributed by atoms with E-state index in [9.17, 15) is 9.59 Å². The number of hydrogen-bond acceptors (Lipinski definition) is 8. The number of aromatic nitrogens is 3. The van der Waals surface area contributed by atoms with Crippen molar-refractivity contribution in [1.29, 1.82) is 0 Å². The number of morpholine rings is 1. The molecule has 35 heavy (non-hydrogen) atoms. The summed E-state index contributed by atoms with van der Waals surface area (Å²) in [5, 5.41) is 4.22. The van der Waals surface area contributed by atoms with Gasteiger partial charge in [-0.15, -0.1) is 0 Å². The average molecular weight is 514 g/mol. The Hall–Kier alpha value is -2.27. The monoisotopic (exact) mass is 513 g/mol. The van der Waals surface area contributed by atoms with Crippen molar-refractivity contribution in [2.75, 3.05) is 43.9 Å². The molecule has 0 spiro atoms. The molecule has 0 saturated carbocycles. The number of carbonyl (C=O) groups is 1. The smallest absolute Gasteiger partial charge is 0.348 e. The maximum atomic E-state index is 13.0. The number of amides is 1. The quantitative estimate of drug-likeness (QED) is 0.364. The molecular formula is C25H31N5O3S2. The van der Waals surface area contributed by atoms with Crippen LogP contribution in [0.3, 0.4) is 0 Å². The Balaban J connectivity index is 1.23. The molecule has 2 aromatic heterocycles. The van der Waals surface area contributed by atoms with Gasteiger partial charge >= 0.3 is 5.69 Å². The lowest BCUT2D eigenvalue weighted by Gasteiger charge is -2.27. The molecule has 0 atom stereocenters. The number of aryl methyl sites for hydroxylation is 1. The number of fused-ring (bicyclic) bond motifs is 2. The zero-order chi connectivity index (χ0) is 24.2. The van der Waals surface area contributed by atoms with Gasteiger partial charge in [0.25, 0.3) is 0 Å². The van der Waals surface area contributed by atoms with Crippen molar-refractivity contribution in [2.45, 2.75) is 50.6 Å². The molecule has 1 aromatic carbocycles. The lowest BCUT2D eigenvalue weighted by Crippen LogP contribution is -2.38. The lowest BCUT2D eigenvalue weighted by atomic mass is 9.97. The van der Waals surface area contributed by atoms with E-state index in [0.717, 1.165) is 86.4 Å². The van der Waals surface area contributed by atoms with Crippen LogP contribution in [-0.4, -0.2) is 63.9 Å². The van der Waals surface area contributed by atoms with E-state index in [-0.39, 0.29) is 17.3 Å². The Bertz CT molecular complexity index is 1270. The van der Waals surface area contributed by atoms with Gasteiger partial charge in [0.1, 0.15) is 5.03 Å². The molecule has 5 rings (SSSR count). The molecule has 1 aliphatic carbocycles. The van der Waals surface area contributed by atoms with Crippen molar-refractivity contribution in [3.63, 3.8) is 0 Å². The Kier molecular flexibility index (Phi) is 7.81. The summed E-state index contributed by atoms with van der Waals surface area (Å²) in [5.41, 5.74) is 4.12. The highest BCUT2D eigenvalue weighted by atomic mass is 32.2. The van der Waals surface area contributed by atoms with Crippen molar-refractivity contribution in [1.82, 2.24) is 19.4 Å². The van der Waals surface area contributed by atoms with E-state index in [1.807, 2.05) is 23.6 Å². The van der Waals surface area contributed by atoms with Gasteiger partial charge in [-0.2, -0.15) is 4.98 Å². The average Bonchev–Trinajstić information content (AvgIpc) is 3.26. The highest BCUT2D eigenvalue weighted by Crippen LogP contribution is 2.30. The molecule has 10 heteroatoms. The third-order valence-electron chi connectivity index (χ3n) is 6.54. The zero-order valence-corrected chi connectivity index (χ0v) is 21.7. The summed E-state index contributed by atoms with van der Waals surface area (Å²) in [5.74, 6) is 0.0707. The summed E-state index contributed by atoms with van der Waals surface area (Å²) in [7, 11) is 0. The minimum atomic E-state index is -0.197. The van der Waals surface area contributed by atoms with Crippen molar-refractivity contribution < 1.29 is 9.53 Å². The van der Waals surface area contributed by atoms with Crippen LogP contribution in [0.4, 0.5) is 5.13 Å². The van der Waals surface area contributed by atoms with Crippen LogP contribution in [0.5, 0.6) is 0 Å². The van der Waals surface area contributed by atoms with Gasteiger partial charge in [0.15, 0.2) is 5.13 Å². The molecule has 1 amide bonds. The van der Waals surface area contributed by atoms with E-state index < -0.39 is 0 Å². The number of hydrogen-bond donors (Lipinski definition) is 1. The fourth-order valence-electron chi connectivity index (χ4n) is 4.75. The van der Waals surface area contributed by atoms with Crippen LogP contribution in [0.25, 0.3) is 10.2 Å². The van der Waals surface area contributed by atoms with Gasteiger partial charge in [-0.1, -0.05) is 29.2 Å². The number of carbonyl (C=O) groups excluding carboxylic acids is 1. The Morgan fingerprint density at radius 1 is 1.17 bits per heavy atom. The second-order valence-electron chi connectivity index (χ2n) is 9.12. The first-order valence-electron chi connectivity index (χ1n) is 12.3. The van der Waals surface area contributed by atoms with Crippen LogP contribution in [0.1, 0.15) is 36.1 Å². The summed E-state index contributed by atoms with van der Waals surface area (Å²) in [6.45, 7) is 7.18. The predicted molar refractivity (Wildman–Crippen MR) is 141 cm³/mol. The van der Waals surface area contributed by atoms with Gasteiger partial charge in [0.2, 0.25) is 5.91 Å². The lowest BCUT2D eigenvalue weighted by molar-refractivity contribution is -0.113. The topological polar surface area (TPSA) is 89.3 Å². The van der Waals surface area contributed by atoms with Crippen LogP contribution >= 0.6 is 23.1 Å². The first-order valence-corrected chi connectivity index (χ1v) is 14.1. The van der Waals surface area contributed by atoms with E-state index in [4.69, 9.17) is 4.74 Å². The maximum Gasteiger partial charge on any atom is 0.348 e. The van der Waals surface area contributed by atoms with Gasteiger partial charge in [-0.25, -0.2) is 9.78 Å². The molecule has 0 bridgehead atoms. The molecule has 0 unspecified atom stereocenters. The van der Waals surface area contributed by atoms with Crippen LogP contribution in [0.15, 0.2) is 28.0 Å². The number of benzene rings is 1. The van der Waals surface area contributed by atoms with Crippen molar-refractivity contribution in [3.05, 3.63) is 45.5 Å². The number of anilines is 1. The van der Waals surface area contributed by atoms with Gasteiger partial charge in [0, 0.05) is 37.4 Å². The Morgan fingerprint density at radius 2 is 2.00 bits per heavy atom. The number of thioether (sulfide) groups is 1. The minimum absolute atomic E-state index is 0.133. The summed E-state index contributed by atoms with van der Waals surface area (Å²) in [6, 6.07) is 6.06. The second-order valence-corrected chi connectivity index (χ2v) is 11.1. The SMILES string of the molecule is Cc1ccc2nc(NC(=O)CSc3nc(=O)n(CCCN4CCOCC4)c4c3CCCC4)sc2c1. The Labute approximate surface area is 213 Å². The third kappa shape index (κ3) is 5.94.